The standard InChI is InChI=1S/C17H15N5O3S/c1-4-11-14(22-7-5-6-8-22)15(25-3)21-17(18-11)26-16-19-12(10(2)23)9-13(24)20-16/h4-9H,1H2,2-3H3,(H,19,20,24). The van der Waals surface area contributed by atoms with E-state index in [4.69, 9.17) is 4.74 Å². The molecule has 0 aliphatic rings. The Kier molecular flexibility index (Phi) is 4.99. The number of ketones is 1. The van der Waals surface area contributed by atoms with Gasteiger partial charge in [-0.25, -0.2) is 9.97 Å². The first-order chi connectivity index (χ1) is 12.5. The summed E-state index contributed by atoms with van der Waals surface area (Å²) in [6.07, 6.45) is 5.28. The average Bonchev–Trinajstić information content (AvgIpc) is 3.14. The van der Waals surface area contributed by atoms with Gasteiger partial charge in [0.2, 0.25) is 11.8 Å². The molecule has 0 atom stereocenters. The topological polar surface area (TPSA) is 103 Å². The summed E-state index contributed by atoms with van der Waals surface area (Å²) in [6.45, 7) is 5.15. The summed E-state index contributed by atoms with van der Waals surface area (Å²) in [7, 11) is 1.51. The number of ether oxygens (including phenoxy) is 1. The maximum atomic E-state index is 11.5. The Balaban J connectivity index is 2.04. The van der Waals surface area contributed by atoms with Gasteiger partial charge in [0.15, 0.2) is 16.1 Å². The number of rotatable bonds is 6. The number of carbonyl (C=O) groups excluding carboxylic acids is 1. The number of Topliss-reactive ketones (excluding diaryl/α,β-unsaturated/α-hetero) is 1. The smallest absolute Gasteiger partial charge is 0.242 e. The summed E-state index contributed by atoms with van der Waals surface area (Å²) >= 11 is 1.00. The second kappa shape index (κ2) is 7.36. The Morgan fingerprint density at radius 1 is 1.23 bits per heavy atom. The molecule has 0 aromatic carbocycles. The molecule has 3 heterocycles. The van der Waals surface area contributed by atoms with Crippen molar-refractivity contribution in [3.05, 3.63) is 48.6 Å². The second-order valence-electron chi connectivity index (χ2n) is 5.10. The van der Waals surface area contributed by atoms with E-state index in [1.807, 2.05) is 29.1 Å². The molecule has 132 valence electrons. The SMILES string of the molecule is C=Cc1nc(Sc2nc(O)cc(C(C)=O)n2)nc(OC)c1-n1cccc1. The van der Waals surface area contributed by atoms with E-state index >= 15 is 0 Å². The Morgan fingerprint density at radius 2 is 1.92 bits per heavy atom. The fraction of sp³-hybridized carbons (Fsp3) is 0.118. The van der Waals surface area contributed by atoms with Crippen LogP contribution in [0.2, 0.25) is 0 Å². The predicted molar refractivity (Wildman–Crippen MR) is 95.8 cm³/mol. The molecule has 0 unspecified atom stereocenters. The molecule has 0 fully saturated rings. The van der Waals surface area contributed by atoms with Crippen LogP contribution in [0.4, 0.5) is 0 Å². The Labute approximate surface area is 153 Å². The highest BCUT2D eigenvalue weighted by molar-refractivity contribution is 7.99. The third-order valence-electron chi connectivity index (χ3n) is 3.34. The second-order valence-corrected chi connectivity index (χ2v) is 6.03. The van der Waals surface area contributed by atoms with Crippen molar-refractivity contribution >= 4 is 23.6 Å². The van der Waals surface area contributed by atoms with Gasteiger partial charge in [-0.3, -0.25) is 4.79 Å². The molecule has 0 spiro atoms. The summed E-state index contributed by atoms with van der Waals surface area (Å²) in [5.41, 5.74) is 1.32. The summed E-state index contributed by atoms with van der Waals surface area (Å²) in [5, 5.41) is 10.1. The normalized spacial score (nSPS) is 10.5. The first-order valence-electron chi connectivity index (χ1n) is 7.50. The van der Waals surface area contributed by atoms with Crippen LogP contribution in [-0.2, 0) is 0 Å². The fourth-order valence-corrected chi connectivity index (χ4v) is 2.93. The molecule has 8 nitrogen and oxygen atoms in total. The minimum Gasteiger partial charge on any atom is -0.493 e. The van der Waals surface area contributed by atoms with Crippen molar-refractivity contribution in [1.82, 2.24) is 24.5 Å². The fourth-order valence-electron chi connectivity index (χ4n) is 2.21. The molecule has 0 aliphatic carbocycles. The number of aromatic hydroxyl groups is 1. The van der Waals surface area contributed by atoms with Crippen molar-refractivity contribution in [2.75, 3.05) is 7.11 Å². The van der Waals surface area contributed by atoms with Gasteiger partial charge in [-0.1, -0.05) is 6.58 Å². The molecule has 3 rings (SSSR count). The number of aromatic nitrogens is 5. The van der Waals surface area contributed by atoms with Gasteiger partial charge in [0, 0.05) is 25.4 Å². The average molecular weight is 369 g/mol. The van der Waals surface area contributed by atoms with E-state index in [-0.39, 0.29) is 22.5 Å². The summed E-state index contributed by atoms with van der Waals surface area (Å²) in [4.78, 5) is 28.3. The largest absolute Gasteiger partial charge is 0.493 e. The third-order valence-corrected chi connectivity index (χ3v) is 4.07. The molecule has 0 saturated heterocycles. The highest BCUT2D eigenvalue weighted by Gasteiger charge is 2.17. The first-order valence-corrected chi connectivity index (χ1v) is 8.32. The zero-order chi connectivity index (χ0) is 18.7. The Hall–Kier alpha value is -3.20. The van der Waals surface area contributed by atoms with Crippen LogP contribution in [0, 0.1) is 0 Å². The zero-order valence-electron chi connectivity index (χ0n) is 14.1. The van der Waals surface area contributed by atoms with Gasteiger partial charge >= 0.3 is 0 Å². The van der Waals surface area contributed by atoms with Crippen molar-refractivity contribution in [2.45, 2.75) is 17.2 Å². The van der Waals surface area contributed by atoms with Gasteiger partial charge in [-0.05, 0) is 30.0 Å². The van der Waals surface area contributed by atoms with E-state index in [1.165, 1.54) is 20.1 Å². The van der Waals surface area contributed by atoms with Crippen molar-refractivity contribution in [3.63, 3.8) is 0 Å². The molecule has 0 bridgehead atoms. The van der Waals surface area contributed by atoms with Crippen LogP contribution in [0.15, 0.2) is 47.5 Å². The minimum absolute atomic E-state index is 0.111. The quantitative estimate of drug-likeness (QED) is 0.523. The lowest BCUT2D eigenvalue weighted by Gasteiger charge is -2.12. The molecule has 26 heavy (non-hydrogen) atoms. The van der Waals surface area contributed by atoms with Crippen molar-refractivity contribution in [3.8, 4) is 17.4 Å². The molecule has 3 aromatic rings. The highest BCUT2D eigenvalue weighted by Crippen LogP contribution is 2.30. The number of hydrogen-bond acceptors (Lipinski definition) is 8. The van der Waals surface area contributed by atoms with Crippen molar-refractivity contribution in [1.29, 1.82) is 0 Å². The van der Waals surface area contributed by atoms with E-state index in [0.29, 0.717) is 22.4 Å². The van der Waals surface area contributed by atoms with Crippen LogP contribution < -0.4 is 4.74 Å². The van der Waals surface area contributed by atoms with Crippen LogP contribution in [0.25, 0.3) is 11.8 Å². The van der Waals surface area contributed by atoms with Crippen LogP contribution in [0.1, 0.15) is 23.1 Å². The molecule has 1 N–H and O–H groups in total. The number of carbonyl (C=O) groups is 1. The molecule has 0 aliphatic heterocycles. The summed E-state index contributed by atoms with van der Waals surface area (Å²) in [5.74, 6) is -0.231. The molecule has 3 aromatic heterocycles. The van der Waals surface area contributed by atoms with E-state index in [0.717, 1.165) is 11.8 Å². The van der Waals surface area contributed by atoms with Gasteiger partial charge < -0.3 is 14.4 Å². The minimum atomic E-state index is -0.299. The monoisotopic (exact) mass is 369 g/mol. The van der Waals surface area contributed by atoms with Gasteiger partial charge in [0.05, 0.1) is 12.8 Å². The molecular formula is C17H15N5O3S. The molecule has 0 saturated carbocycles. The zero-order valence-corrected chi connectivity index (χ0v) is 14.9. The maximum Gasteiger partial charge on any atom is 0.242 e. The lowest BCUT2D eigenvalue weighted by Crippen LogP contribution is -2.05. The lowest BCUT2D eigenvalue weighted by molar-refractivity contribution is 0.101. The van der Waals surface area contributed by atoms with Crippen LogP contribution in [0.3, 0.4) is 0 Å². The number of nitrogens with zero attached hydrogens (tertiary/aromatic N) is 5. The van der Waals surface area contributed by atoms with Gasteiger partial charge in [-0.2, -0.15) is 9.97 Å². The number of methoxy groups -OCH3 is 1. The highest BCUT2D eigenvalue weighted by atomic mass is 32.2. The van der Waals surface area contributed by atoms with Crippen LogP contribution in [-0.4, -0.2) is 42.5 Å². The van der Waals surface area contributed by atoms with Gasteiger partial charge in [0.1, 0.15) is 11.4 Å². The van der Waals surface area contributed by atoms with E-state index in [2.05, 4.69) is 26.5 Å². The number of hydrogen-bond donors (Lipinski definition) is 1. The van der Waals surface area contributed by atoms with Crippen LogP contribution >= 0.6 is 11.8 Å². The van der Waals surface area contributed by atoms with E-state index in [1.54, 1.807) is 6.08 Å². The van der Waals surface area contributed by atoms with Crippen molar-refractivity contribution in [2.24, 2.45) is 0 Å². The lowest BCUT2D eigenvalue weighted by atomic mass is 10.3. The summed E-state index contributed by atoms with van der Waals surface area (Å²) < 4.78 is 7.22. The molecule has 0 amide bonds. The Bertz CT molecular complexity index is 973. The predicted octanol–water partition coefficient (Wildman–Crippen LogP) is 2.77. The molecule has 9 heteroatoms. The van der Waals surface area contributed by atoms with Gasteiger partial charge in [-0.15, -0.1) is 0 Å². The van der Waals surface area contributed by atoms with Gasteiger partial charge in [0.25, 0.3) is 0 Å². The first kappa shape index (κ1) is 17.6. The molecule has 0 radical (unpaired) electrons. The maximum absolute atomic E-state index is 11.5. The third kappa shape index (κ3) is 3.57. The van der Waals surface area contributed by atoms with Crippen molar-refractivity contribution < 1.29 is 14.6 Å². The summed E-state index contributed by atoms with van der Waals surface area (Å²) in [6, 6.07) is 4.95. The van der Waals surface area contributed by atoms with E-state index < -0.39 is 0 Å². The Morgan fingerprint density at radius 3 is 2.54 bits per heavy atom. The molecular weight excluding hydrogens is 354 g/mol. The van der Waals surface area contributed by atoms with E-state index in [9.17, 15) is 9.90 Å². The van der Waals surface area contributed by atoms with Crippen LogP contribution in [0.5, 0.6) is 11.8 Å².